The van der Waals surface area contributed by atoms with Crippen LogP contribution in [0.1, 0.15) is 20.7 Å². The molecule has 0 unspecified atom stereocenters. The largest absolute Gasteiger partial charge is 0.478 e. The van der Waals surface area contributed by atoms with E-state index in [-0.39, 0.29) is 16.1 Å². The Morgan fingerprint density at radius 1 is 1.05 bits per heavy atom. The van der Waals surface area contributed by atoms with E-state index in [0.29, 0.717) is 10.7 Å². The van der Waals surface area contributed by atoms with Crippen LogP contribution < -0.4 is 5.32 Å². The second-order valence-electron chi connectivity index (χ2n) is 3.96. The van der Waals surface area contributed by atoms with Gasteiger partial charge in [-0.25, -0.2) is 4.79 Å². The number of hydrogen-bond acceptors (Lipinski definition) is 2. The fourth-order valence-electron chi connectivity index (χ4n) is 1.60. The molecule has 20 heavy (non-hydrogen) atoms. The van der Waals surface area contributed by atoms with E-state index < -0.39 is 11.9 Å². The predicted octanol–water partition coefficient (Wildman–Crippen LogP) is 3.94. The molecule has 0 radical (unpaired) electrons. The Morgan fingerprint density at radius 2 is 1.80 bits per heavy atom. The molecule has 102 valence electrons. The van der Waals surface area contributed by atoms with Crippen molar-refractivity contribution in [3.8, 4) is 0 Å². The van der Waals surface area contributed by atoms with E-state index >= 15 is 0 Å². The number of carboxylic acid groups (broad SMARTS) is 1. The smallest absolute Gasteiger partial charge is 0.335 e. The lowest BCUT2D eigenvalue weighted by Crippen LogP contribution is -2.13. The first-order valence-electron chi connectivity index (χ1n) is 5.57. The second-order valence-corrected chi connectivity index (χ2v) is 4.81. The first kappa shape index (κ1) is 14.4. The van der Waals surface area contributed by atoms with E-state index in [4.69, 9.17) is 28.3 Å². The summed E-state index contributed by atoms with van der Waals surface area (Å²) in [4.78, 5) is 22.9. The Hall–Kier alpha value is -2.04. The van der Waals surface area contributed by atoms with E-state index in [9.17, 15) is 9.59 Å². The highest BCUT2D eigenvalue weighted by Crippen LogP contribution is 2.22. The third-order valence-corrected chi connectivity index (χ3v) is 3.09. The molecule has 2 aromatic rings. The Bertz CT molecular complexity index is 686. The third-order valence-electron chi connectivity index (χ3n) is 2.54. The summed E-state index contributed by atoms with van der Waals surface area (Å²) >= 11 is 11.7. The quantitative estimate of drug-likeness (QED) is 0.902. The van der Waals surface area contributed by atoms with Crippen molar-refractivity contribution in [2.24, 2.45) is 0 Å². The summed E-state index contributed by atoms with van der Waals surface area (Å²) in [5.41, 5.74) is 0.725. The maximum absolute atomic E-state index is 12.0. The molecule has 0 aromatic heterocycles. The molecular weight excluding hydrogens is 301 g/mol. The highest BCUT2D eigenvalue weighted by molar-refractivity contribution is 6.37. The molecule has 6 heteroatoms. The fourth-order valence-corrected chi connectivity index (χ4v) is 2.10. The zero-order valence-electron chi connectivity index (χ0n) is 10.1. The van der Waals surface area contributed by atoms with E-state index in [1.165, 1.54) is 24.3 Å². The van der Waals surface area contributed by atoms with Crippen LogP contribution in [0.5, 0.6) is 0 Å². The normalized spacial score (nSPS) is 10.1. The van der Waals surface area contributed by atoms with Gasteiger partial charge in [0.1, 0.15) is 0 Å². The van der Waals surface area contributed by atoms with Crippen molar-refractivity contribution in [1.82, 2.24) is 0 Å². The summed E-state index contributed by atoms with van der Waals surface area (Å²) in [7, 11) is 0. The lowest BCUT2D eigenvalue weighted by atomic mass is 10.1. The summed E-state index contributed by atoms with van der Waals surface area (Å²) < 4.78 is 0. The van der Waals surface area contributed by atoms with Crippen LogP contribution in [0.2, 0.25) is 10.0 Å². The van der Waals surface area contributed by atoms with Crippen LogP contribution in [-0.2, 0) is 0 Å². The molecule has 4 nitrogen and oxygen atoms in total. The number of carboxylic acids is 1. The van der Waals surface area contributed by atoms with E-state index in [1.54, 1.807) is 18.2 Å². The summed E-state index contributed by atoms with van der Waals surface area (Å²) in [6.07, 6.45) is 0. The molecule has 0 fully saturated rings. The maximum Gasteiger partial charge on any atom is 0.335 e. The van der Waals surface area contributed by atoms with Crippen LogP contribution in [0.4, 0.5) is 5.69 Å². The molecule has 0 atom stereocenters. The highest BCUT2D eigenvalue weighted by atomic mass is 35.5. The lowest BCUT2D eigenvalue weighted by molar-refractivity contribution is 0.0696. The maximum atomic E-state index is 12.0. The van der Waals surface area contributed by atoms with Crippen LogP contribution in [0.25, 0.3) is 0 Å². The van der Waals surface area contributed by atoms with Gasteiger partial charge in [-0.1, -0.05) is 29.3 Å². The van der Waals surface area contributed by atoms with Gasteiger partial charge in [-0.3, -0.25) is 4.79 Å². The van der Waals surface area contributed by atoms with Crippen molar-refractivity contribution >= 4 is 40.8 Å². The molecule has 0 aliphatic heterocycles. The summed E-state index contributed by atoms with van der Waals surface area (Å²) in [6, 6.07) is 10.5. The number of anilines is 1. The van der Waals surface area contributed by atoms with E-state index in [0.717, 1.165) is 0 Å². The molecule has 0 spiro atoms. The number of carbonyl (C=O) groups excluding carboxylic acids is 1. The Morgan fingerprint density at radius 3 is 2.45 bits per heavy atom. The SMILES string of the molecule is O=C(O)c1cccc(NC(=O)c2ccc(Cl)cc2Cl)c1. The molecule has 0 aliphatic rings. The van der Waals surface area contributed by atoms with Gasteiger partial charge in [-0.2, -0.15) is 0 Å². The molecule has 2 aromatic carbocycles. The van der Waals surface area contributed by atoms with E-state index in [1.807, 2.05) is 0 Å². The Labute approximate surface area is 124 Å². The third kappa shape index (κ3) is 3.29. The lowest BCUT2D eigenvalue weighted by Gasteiger charge is -2.07. The number of benzene rings is 2. The van der Waals surface area contributed by atoms with Gasteiger partial charge in [0.2, 0.25) is 0 Å². The number of nitrogens with one attached hydrogen (secondary N) is 1. The van der Waals surface area contributed by atoms with E-state index in [2.05, 4.69) is 5.32 Å². The van der Waals surface area contributed by atoms with Crippen LogP contribution >= 0.6 is 23.2 Å². The second kappa shape index (κ2) is 5.94. The van der Waals surface area contributed by atoms with Crippen LogP contribution in [0.15, 0.2) is 42.5 Å². The average molecular weight is 310 g/mol. The molecule has 0 saturated heterocycles. The molecule has 2 N–H and O–H groups in total. The monoisotopic (exact) mass is 309 g/mol. The van der Waals surface area contributed by atoms with Crippen molar-refractivity contribution in [2.75, 3.05) is 5.32 Å². The van der Waals surface area contributed by atoms with Crippen LogP contribution in [0, 0.1) is 0 Å². The molecule has 0 heterocycles. The summed E-state index contributed by atoms with van der Waals surface area (Å²) in [6.45, 7) is 0. The molecule has 0 aliphatic carbocycles. The minimum atomic E-state index is -1.06. The van der Waals surface area contributed by atoms with Gasteiger partial charge in [0.15, 0.2) is 0 Å². The van der Waals surface area contributed by atoms with Gasteiger partial charge < -0.3 is 10.4 Å². The van der Waals surface area contributed by atoms with Gasteiger partial charge in [0.25, 0.3) is 5.91 Å². The number of aromatic carboxylic acids is 1. The van der Waals surface area contributed by atoms with Gasteiger partial charge in [0, 0.05) is 10.7 Å². The number of rotatable bonds is 3. The van der Waals surface area contributed by atoms with Crippen LogP contribution in [-0.4, -0.2) is 17.0 Å². The zero-order valence-corrected chi connectivity index (χ0v) is 11.6. The molecule has 2 rings (SSSR count). The number of carbonyl (C=O) groups is 2. The number of halogens is 2. The minimum Gasteiger partial charge on any atom is -0.478 e. The molecular formula is C14H9Cl2NO3. The average Bonchev–Trinajstić information content (AvgIpc) is 2.38. The van der Waals surface area contributed by atoms with Crippen molar-refractivity contribution in [3.63, 3.8) is 0 Å². The van der Waals surface area contributed by atoms with Gasteiger partial charge >= 0.3 is 5.97 Å². The molecule has 0 saturated carbocycles. The van der Waals surface area contributed by atoms with Gasteiger partial charge in [0.05, 0.1) is 16.1 Å². The standard InChI is InChI=1S/C14H9Cl2NO3/c15-9-4-5-11(12(16)7-9)13(18)17-10-3-1-2-8(6-10)14(19)20/h1-7H,(H,17,18)(H,19,20). The first-order chi connectivity index (χ1) is 9.47. The van der Waals surface area contributed by atoms with Gasteiger partial charge in [-0.15, -0.1) is 0 Å². The summed E-state index contributed by atoms with van der Waals surface area (Å²) in [5, 5.41) is 12.1. The first-order valence-corrected chi connectivity index (χ1v) is 6.33. The Kier molecular flexibility index (Phi) is 4.27. The fraction of sp³-hybridized carbons (Fsp3) is 0. The van der Waals surface area contributed by atoms with Gasteiger partial charge in [-0.05, 0) is 36.4 Å². The highest BCUT2D eigenvalue weighted by Gasteiger charge is 2.12. The van der Waals surface area contributed by atoms with Crippen molar-refractivity contribution in [1.29, 1.82) is 0 Å². The topological polar surface area (TPSA) is 66.4 Å². The number of hydrogen-bond donors (Lipinski definition) is 2. The molecule has 0 bridgehead atoms. The van der Waals surface area contributed by atoms with Crippen molar-refractivity contribution in [2.45, 2.75) is 0 Å². The Balaban J connectivity index is 2.23. The van der Waals surface area contributed by atoms with Crippen molar-refractivity contribution in [3.05, 3.63) is 63.6 Å². The van der Waals surface area contributed by atoms with Crippen LogP contribution in [0.3, 0.4) is 0 Å². The summed E-state index contributed by atoms with van der Waals surface area (Å²) in [5.74, 6) is -1.50. The minimum absolute atomic E-state index is 0.0880. The molecule has 1 amide bonds. The van der Waals surface area contributed by atoms with Crippen molar-refractivity contribution < 1.29 is 14.7 Å². The predicted molar refractivity (Wildman–Crippen MR) is 77.8 cm³/mol. The number of amides is 1. The zero-order chi connectivity index (χ0) is 14.7.